The Kier molecular flexibility index (Phi) is 6.47. The van der Waals surface area contributed by atoms with Gasteiger partial charge >= 0.3 is 0 Å². The summed E-state index contributed by atoms with van der Waals surface area (Å²) in [7, 11) is 5.72. The minimum absolute atomic E-state index is 0.250. The molecule has 5 heteroatoms. The molecule has 4 rings (SSSR count). The molecule has 0 aliphatic carbocycles. The number of piperidine rings is 1. The van der Waals surface area contributed by atoms with E-state index in [0.717, 1.165) is 38.9 Å². The standard InChI is InChI=1S/C27H34N4O/c1-21-8-5-6-11-25(21)24-10-7-9-22(16-24)17-27(26(32)29(2)3)12-14-31(15-13-27)20-23-18-28-30(4)19-23/h5-11,16,18-19H,12-15,17,20H2,1-4H3. The maximum Gasteiger partial charge on any atom is 0.228 e. The van der Waals surface area contributed by atoms with Crippen molar-refractivity contribution in [2.45, 2.75) is 32.7 Å². The molecule has 1 aliphatic heterocycles. The summed E-state index contributed by atoms with van der Waals surface area (Å²) in [6.45, 7) is 4.89. The molecule has 32 heavy (non-hydrogen) atoms. The van der Waals surface area contributed by atoms with Crippen LogP contribution < -0.4 is 0 Å². The van der Waals surface area contributed by atoms with Gasteiger partial charge in [-0.05, 0) is 61.5 Å². The van der Waals surface area contributed by atoms with Gasteiger partial charge in [-0.1, -0.05) is 48.5 Å². The van der Waals surface area contributed by atoms with Gasteiger partial charge in [-0.2, -0.15) is 5.10 Å². The summed E-state index contributed by atoms with van der Waals surface area (Å²) in [6, 6.07) is 17.2. The zero-order chi connectivity index (χ0) is 22.7. The SMILES string of the molecule is Cc1ccccc1-c1cccc(CC2(C(=O)N(C)C)CCN(Cc3cnn(C)c3)CC2)c1. The largest absolute Gasteiger partial charge is 0.348 e. The van der Waals surface area contributed by atoms with Crippen LogP contribution in [0.3, 0.4) is 0 Å². The summed E-state index contributed by atoms with van der Waals surface area (Å²) in [6.07, 6.45) is 6.54. The van der Waals surface area contributed by atoms with E-state index in [9.17, 15) is 4.79 Å². The molecule has 0 radical (unpaired) electrons. The molecule has 1 fully saturated rings. The maximum absolute atomic E-state index is 13.4. The van der Waals surface area contributed by atoms with Crippen LogP contribution in [0.2, 0.25) is 0 Å². The second-order valence-corrected chi connectivity index (χ2v) is 9.47. The number of carbonyl (C=O) groups excluding carboxylic acids is 1. The molecule has 1 aromatic heterocycles. The van der Waals surface area contributed by atoms with Crippen molar-refractivity contribution in [3.63, 3.8) is 0 Å². The van der Waals surface area contributed by atoms with Gasteiger partial charge < -0.3 is 4.90 Å². The minimum Gasteiger partial charge on any atom is -0.348 e. The van der Waals surface area contributed by atoms with E-state index in [-0.39, 0.29) is 11.3 Å². The highest BCUT2D eigenvalue weighted by Gasteiger charge is 2.42. The monoisotopic (exact) mass is 430 g/mol. The minimum atomic E-state index is -0.348. The molecule has 168 valence electrons. The molecule has 0 atom stereocenters. The predicted molar refractivity (Wildman–Crippen MR) is 129 cm³/mol. The summed E-state index contributed by atoms with van der Waals surface area (Å²) < 4.78 is 1.85. The second kappa shape index (κ2) is 9.29. The first-order valence-electron chi connectivity index (χ1n) is 11.4. The quantitative estimate of drug-likeness (QED) is 0.585. The molecule has 1 saturated heterocycles. The predicted octanol–water partition coefficient (Wildman–Crippen LogP) is 4.31. The van der Waals surface area contributed by atoms with Crippen LogP contribution in [0.5, 0.6) is 0 Å². The Labute approximate surface area is 191 Å². The van der Waals surface area contributed by atoms with E-state index in [2.05, 4.69) is 71.7 Å². The van der Waals surface area contributed by atoms with Crippen LogP contribution >= 0.6 is 0 Å². The number of aromatic nitrogens is 2. The van der Waals surface area contributed by atoms with Gasteiger partial charge in [-0.25, -0.2) is 0 Å². The van der Waals surface area contributed by atoms with Crippen LogP contribution in [-0.4, -0.2) is 52.7 Å². The Balaban J connectivity index is 1.54. The highest BCUT2D eigenvalue weighted by atomic mass is 16.2. The molecular weight excluding hydrogens is 396 g/mol. The number of carbonyl (C=O) groups is 1. The number of amides is 1. The number of hydrogen-bond donors (Lipinski definition) is 0. The number of benzene rings is 2. The van der Waals surface area contributed by atoms with E-state index < -0.39 is 0 Å². The number of rotatable bonds is 6. The van der Waals surface area contributed by atoms with E-state index in [1.54, 1.807) is 4.90 Å². The van der Waals surface area contributed by atoms with Crippen molar-refractivity contribution in [3.05, 3.63) is 77.6 Å². The smallest absolute Gasteiger partial charge is 0.228 e. The molecule has 3 aromatic rings. The molecule has 2 aromatic carbocycles. The van der Waals surface area contributed by atoms with E-state index in [4.69, 9.17) is 0 Å². The number of aryl methyl sites for hydroxylation is 2. The highest BCUT2D eigenvalue weighted by Crippen LogP contribution is 2.38. The van der Waals surface area contributed by atoms with Crippen molar-refractivity contribution in [2.24, 2.45) is 12.5 Å². The third-order valence-electron chi connectivity index (χ3n) is 6.76. The number of hydrogen-bond acceptors (Lipinski definition) is 3. The van der Waals surface area contributed by atoms with Crippen molar-refractivity contribution < 1.29 is 4.79 Å². The Morgan fingerprint density at radius 2 is 1.81 bits per heavy atom. The van der Waals surface area contributed by atoms with Crippen molar-refractivity contribution in [3.8, 4) is 11.1 Å². The summed E-state index contributed by atoms with van der Waals surface area (Å²) >= 11 is 0. The lowest BCUT2D eigenvalue weighted by Crippen LogP contribution is -2.49. The van der Waals surface area contributed by atoms with Crippen LogP contribution in [-0.2, 0) is 24.8 Å². The van der Waals surface area contributed by atoms with Gasteiger partial charge in [0.05, 0.1) is 11.6 Å². The lowest BCUT2D eigenvalue weighted by molar-refractivity contribution is -0.142. The van der Waals surface area contributed by atoms with E-state index >= 15 is 0 Å². The third-order valence-corrected chi connectivity index (χ3v) is 6.76. The molecule has 0 N–H and O–H groups in total. The first-order chi connectivity index (χ1) is 15.4. The van der Waals surface area contributed by atoms with Crippen molar-refractivity contribution >= 4 is 5.91 Å². The Morgan fingerprint density at radius 3 is 2.47 bits per heavy atom. The van der Waals surface area contributed by atoms with Gasteiger partial charge in [0, 0.05) is 39.4 Å². The van der Waals surface area contributed by atoms with E-state index in [1.165, 1.54) is 27.8 Å². The number of nitrogens with zero attached hydrogens (tertiary/aromatic N) is 4. The van der Waals surface area contributed by atoms with E-state index in [0.29, 0.717) is 0 Å². The fourth-order valence-electron chi connectivity index (χ4n) is 5.03. The van der Waals surface area contributed by atoms with Gasteiger partial charge in [0.2, 0.25) is 5.91 Å². The van der Waals surface area contributed by atoms with Gasteiger partial charge in [0.15, 0.2) is 0 Å². The molecule has 1 aliphatic rings. The van der Waals surface area contributed by atoms with Crippen LogP contribution in [0.25, 0.3) is 11.1 Å². The molecule has 1 amide bonds. The average Bonchev–Trinajstić information content (AvgIpc) is 3.19. The Morgan fingerprint density at radius 1 is 1.06 bits per heavy atom. The lowest BCUT2D eigenvalue weighted by atomic mass is 9.72. The van der Waals surface area contributed by atoms with Crippen molar-refractivity contribution in [2.75, 3.05) is 27.2 Å². The summed E-state index contributed by atoms with van der Waals surface area (Å²) in [5.74, 6) is 0.250. The molecule has 5 nitrogen and oxygen atoms in total. The fraction of sp³-hybridized carbons (Fsp3) is 0.407. The van der Waals surface area contributed by atoms with Crippen LogP contribution in [0.4, 0.5) is 0 Å². The average molecular weight is 431 g/mol. The van der Waals surface area contributed by atoms with Crippen LogP contribution in [0, 0.1) is 12.3 Å². The van der Waals surface area contributed by atoms with Gasteiger partial charge in [0.1, 0.15) is 0 Å². The molecule has 2 heterocycles. The van der Waals surface area contributed by atoms with Gasteiger partial charge in [-0.15, -0.1) is 0 Å². The molecular formula is C27H34N4O. The lowest BCUT2D eigenvalue weighted by Gasteiger charge is -2.42. The molecule has 0 unspecified atom stereocenters. The summed E-state index contributed by atoms with van der Waals surface area (Å²) in [4.78, 5) is 17.6. The number of likely N-dealkylation sites (tertiary alicyclic amines) is 1. The first kappa shape index (κ1) is 22.3. The molecule has 0 bridgehead atoms. The van der Waals surface area contributed by atoms with Crippen LogP contribution in [0.15, 0.2) is 60.9 Å². The summed E-state index contributed by atoms with van der Waals surface area (Å²) in [5.41, 5.74) is 5.87. The zero-order valence-corrected chi connectivity index (χ0v) is 19.7. The third kappa shape index (κ3) is 4.78. The van der Waals surface area contributed by atoms with Gasteiger partial charge in [0.25, 0.3) is 0 Å². The summed E-state index contributed by atoms with van der Waals surface area (Å²) in [5, 5.41) is 4.29. The fourth-order valence-corrected chi connectivity index (χ4v) is 5.03. The first-order valence-corrected chi connectivity index (χ1v) is 11.4. The Hall–Kier alpha value is -2.92. The topological polar surface area (TPSA) is 41.4 Å². The van der Waals surface area contributed by atoms with Gasteiger partial charge in [-0.3, -0.25) is 14.4 Å². The normalized spacial score (nSPS) is 16.1. The second-order valence-electron chi connectivity index (χ2n) is 9.47. The Bertz CT molecular complexity index is 1080. The van der Waals surface area contributed by atoms with Crippen LogP contribution in [0.1, 0.15) is 29.5 Å². The maximum atomic E-state index is 13.4. The van der Waals surface area contributed by atoms with E-state index in [1.807, 2.05) is 32.0 Å². The molecule has 0 saturated carbocycles. The van der Waals surface area contributed by atoms with Crippen molar-refractivity contribution in [1.82, 2.24) is 19.6 Å². The molecule has 0 spiro atoms. The zero-order valence-electron chi connectivity index (χ0n) is 19.7. The highest BCUT2D eigenvalue weighted by molar-refractivity contribution is 5.83. The van der Waals surface area contributed by atoms with Crippen molar-refractivity contribution in [1.29, 1.82) is 0 Å².